The van der Waals surface area contributed by atoms with E-state index in [1.807, 2.05) is 6.07 Å². The van der Waals surface area contributed by atoms with E-state index in [9.17, 15) is 5.11 Å². The van der Waals surface area contributed by atoms with Crippen molar-refractivity contribution in [1.82, 2.24) is 0 Å². The molecule has 0 saturated carbocycles. The van der Waals surface area contributed by atoms with Crippen LogP contribution in [0.25, 0.3) is 0 Å². The minimum Gasteiger partial charge on any atom is -0.395 e. The second-order valence-electron chi connectivity index (χ2n) is 5.84. The highest BCUT2D eigenvalue weighted by Crippen LogP contribution is 2.33. The molecule has 0 aliphatic rings. The summed E-state index contributed by atoms with van der Waals surface area (Å²) in [7, 11) is 0. The quantitative estimate of drug-likeness (QED) is 0.787. The first-order chi connectivity index (χ1) is 6.79. The summed E-state index contributed by atoms with van der Waals surface area (Å²) in [5, 5.41) is 9.44. The van der Waals surface area contributed by atoms with Crippen LogP contribution in [0.4, 0.5) is 0 Å². The molecule has 1 aromatic carbocycles. The lowest BCUT2D eigenvalue weighted by atomic mass is 9.75. The number of rotatable bonds is 2. The Bertz CT molecular complexity index is 331. The van der Waals surface area contributed by atoms with Crippen molar-refractivity contribution >= 4 is 0 Å². The van der Waals surface area contributed by atoms with E-state index in [0.29, 0.717) is 0 Å². The Morgan fingerprint density at radius 3 is 1.80 bits per heavy atom. The van der Waals surface area contributed by atoms with E-state index in [2.05, 4.69) is 52.8 Å². The molecule has 0 aromatic heterocycles. The molecule has 1 rings (SSSR count). The van der Waals surface area contributed by atoms with Crippen molar-refractivity contribution in [1.29, 1.82) is 0 Å². The molecule has 0 heterocycles. The molecule has 1 N–H and O–H groups in total. The Kier molecular flexibility index (Phi) is 3.25. The first-order valence-electron chi connectivity index (χ1n) is 5.50. The predicted molar refractivity (Wildman–Crippen MR) is 65.3 cm³/mol. The summed E-state index contributed by atoms with van der Waals surface area (Å²) in [4.78, 5) is 0. The molecule has 0 radical (unpaired) electrons. The third-order valence-electron chi connectivity index (χ3n) is 2.86. The number of benzene rings is 1. The van der Waals surface area contributed by atoms with Gasteiger partial charge in [0.2, 0.25) is 0 Å². The summed E-state index contributed by atoms with van der Waals surface area (Å²) in [6.45, 7) is 11.0. The van der Waals surface area contributed by atoms with Gasteiger partial charge in [-0.25, -0.2) is 0 Å². The molecule has 0 spiro atoms. The molecule has 0 aliphatic heterocycles. The van der Waals surface area contributed by atoms with Crippen LogP contribution in [-0.2, 0) is 10.8 Å². The summed E-state index contributed by atoms with van der Waals surface area (Å²) in [6.07, 6.45) is 0. The molecule has 0 fully saturated rings. The molecule has 0 unspecified atom stereocenters. The molecule has 1 aromatic rings. The third kappa shape index (κ3) is 2.60. The van der Waals surface area contributed by atoms with Gasteiger partial charge in [0.05, 0.1) is 6.61 Å². The van der Waals surface area contributed by atoms with Gasteiger partial charge in [-0.3, -0.25) is 0 Å². The van der Waals surface area contributed by atoms with E-state index in [1.165, 1.54) is 11.1 Å². The van der Waals surface area contributed by atoms with Crippen molar-refractivity contribution in [2.45, 2.75) is 45.4 Å². The Labute approximate surface area is 93.1 Å². The van der Waals surface area contributed by atoms with Gasteiger partial charge in [-0.1, -0.05) is 58.9 Å². The van der Waals surface area contributed by atoms with Crippen LogP contribution in [0.15, 0.2) is 24.3 Å². The van der Waals surface area contributed by atoms with Gasteiger partial charge in [-0.15, -0.1) is 0 Å². The van der Waals surface area contributed by atoms with Crippen LogP contribution in [0, 0.1) is 0 Å². The Morgan fingerprint density at radius 1 is 0.933 bits per heavy atom. The average molecular weight is 206 g/mol. The van der Waals surface area contributed by atoms with Crippen LogP contribution in [0.5, 0.6) is 0 Å². The lowest BCUT2D eigenvalue weighted by Crippen LogP contribution is -2.27. The third-order valence-corrected chi connectivity index (χ3v) is 2.86. The fraction of sp³-hybridized carbons (Fsp3) is 0.571. The summed E-state index contributed by atoms with van der Waals surface area (Å²) in [6, 6.07) is 8.39. The summed E-state index contributed by atoms with van der Waals surface area (Å²) in [5.41, 5.74) is 2.54. The van der Waals surface area contributed by atoms with Crippen LogP contribution in [0.3, 0.4) is 0 Å². The van der Waals surface area contributed by atoms with Gasteiger partial charge in [0.15, 0.2) is 0 Å². The molecular formula is C14H22O. The smallest absolute Gasteiger partial charge is 0.0522 e. The maximum absolute atomic E-state index is 9.44. The van der Waals surface area contributed by atoms with Gasteiger partial charge in [0.25, 0.3) is 0 Å². The van der Waals surface area contributed by atoms with E-state index in [4.69, 9.17) is 0 Å². The number of aliphatic hydroxyl groups is 1. The number of hydrogen-bond donors (Lipinski definition) is 1. The fourth-order valence-electron chi connectivity index (χ4n) is 1.81. The highest BCUT2D eigenvalue weighted by Gasteiger charge is 2.26. The van der Waals surface area contributed by atoms with E-state index < -0.39 is 0 Å². The van der Waals surface area contributed by atoms with Crippen molar-refractivity contribution < 1.29 is 5.11 Å². The van der Waals surface area contributed by atoms with Crippen molar-refractivity contribution in [2.24, 2.45) is 0 Å². The maximum atomic E-state index is 9.44. The number of hydrogen-bond acceptors (Lipinski definition) is 1. The zero-order chi connectivity index (χ0) is 11.7. The first-order valence-corrected chi connectivity index (χ1v) is 5.50. The monoisotopic (exact) mass is 206 g/mol. The fourth-order valence-corrected chi connectivity index (χ4v) is 1.81. The Balaban J connectivity index is 3.31. The van der Waals surface area contributed by atoms with E-state index in [0.717, 1.165) is 0 Å². The van der Waals surface area contributed by atoms with Crippen molar-refractivity contribution in [3.05, 3.63) is 35.4 Å². The second-order valence-corrected chi connectivity index (χ2v) is 5.84. The van der Waals surface area contributed by atoms with Crippen LogP contribution >= 0.6 is 0 Å². The highest BCUT2D eigenvalue weighted by molar-refractivity contribution is 5.37. The topological polar surface area (TPSA) is 20.2 Å². The van der Waals surface area contributed by atoms with Gasteiger partial charge in [0, 0.05) is 5.41 Å². The minimum absolute atomic E-state index is 0.128. The zero-order valence-corrected chi connectivity index (χ0v) is 10.5. The highest BCUT2D eigenvalue weighted by atomic mass is 16.3. The van der Waals surface area contributed by atoms with Crippen LogP contribution < -0.4 is 0 Å². The maximum Gasteiger partial charge on any atom is 0.0522 e. The van der Waals surface area contributed by atoms with Crippen molar-refractivity contribution in [3.63, 3.8) is 0 Å². The van der Waals surface area contributed by atoms with Gasteiger partial charge in [-0.2, -0.15) is 0 Å². The molecule has 15 heavy (non-hydrogen) atoms. The molecule has 0 bridgehead atoms. The van der Waals surface area contributed by atoms with Gasteiger partial charge in [-0.05, 0) is 16.5 Å². The van der Waals surface area contributed by atoms with Gasteiger partial charge < -0.3 is 5.11 Å². The molecule has 1 nitrogen and oxygen atoms in total. The minimum atomic E-state index is -0.163. The standard InChI is InChI=1S/C14H22O/c1-13(2,3)11-8-6-7-9-12(11)14(4,5)10-15/h6-9,15H,10H2,1-5H3. The van der Waals surface area contributed by atoms with Crippen LogP contribution in [0.2, 0.25) is 0 Å². The van der Waals surface area contributed by atoms with E-state index in [1.54, 1.807) is 0 Å². The molecular weight excluding hydrogens is 184 g/mol. The van der Waals surface area contributed by atoms with Crippen LogP contribution in [-0.4, -0.2) is 11.7 Å². The molecule has 0 amide bonds. The van der Waals surface area contributed by atoms with Crippen LogP contribution in [0.1, 0.15) is 45.7 Å². The van der Waals surface area contributed by atoms with Gasteiger partial charge in [0.1, 0.15) is 0 Å². The normalized spacial score (nSPS) is 12.9. The van der Waals surface area contributed by atoms with E-state index >= 15 is 0 Å². The zero-order valence-electron chi connectivity index (χ0n) is 10.5. The largest absolute Gasteiger partial charge is 0.395 e. The molecule has 0 atom stereocenters. The SMILES string of the molecule is CC(C)(C)c1ccccc1C(C)(C)CO. The van der Waals surface area contributed by atoms with Gasteiger partial charge >= 0.3 is 0 Å². The molecule has 84 valence electrons. The Hall–Kier alpha value is -0.820. The van der Waals surface area contributed by atoms with E-state index in [-0.39, 0.29) is 17.4 Å². The lowest BCUT2D eigenvalue weighted by Gasteiger charge is -2.31. The average Bonchev–Trinajstić information content (AvgIpc) is 2.16. The van der Waals surface area contributed by atoms with Crippen molar-refractivity contribution in [2.75, 3.05) is 6.61 Å². The summed E-state index contributed by atoms with van der Waals surface area (Å²) >= 11 is 0. The summed E-state index contributed by atoms with van der Waals surface area (Å²) < 4.78 is 0. The molecule has 1 heteroatoms. The predicted octanol–water partition coefficient (Wildman–Crippen LogP) is 3.25. The first kappa shape index (κ1) is 12.3. The summed E-state index contributed by atoms with van der Waals surface area (Å²) in [5.74, 6) is 0. The Morgan fingerprint density at radius 2 is 1.40 bits per heavy atom. The molecule has 0 saturated heterocycles. The molecule has 0 aliphatic carbocycles. The number of aliphatic hydroxyl groups excluding tert-OH is 1. The van der Waals surface area contributed by atoms with Crippen molar-refractivity contribution in [3.8, 4) is 0 Å². The second kappa shape index (κ2) is 3.97. The lowest BCUT2D eigenvalue weighted by molar-refractivity contribution is 0.216.